The fourth-order valence-corrected chi connectivity index (χ4v) is 2.40. The normalized spacial score (nSPS) is 11.3. The van der Waals surface area contributed by atoms with Gasteiger partial charge >= 0.3 is 0 Å². The summed E-state index contributed by atoms with van der Waals surface area (Å²) >= 11 is 3.23. The fraction of sp³-hybridized carbons (Fsp3) is 0.364. The standard InChI is InChI=1S/C11H15BrN2O3S/c1-3-14(2)11(15)8-13-18(16,17)10-6-4-9(12)5-7-10/h4-7,13H,3,8H2,1-2H3. The van der Waals surface area contributed by atoms with Crippen LogP contribution < -0.4 is 4.72 Å². The molecule has 1 N–H and O–H groups in total. The molecule has 0 fully saturated rings. The number of likely N-dealkylation sites (N-methyl/N-ethyl adjacent to an activating group) is 1. The van der Waals surface area contributed by atoms with Crippen molar-refractivity contribution in [1.82, 2.24) is 9.62 Å². The number of halogens is 1. The van der Waals surface area contributed by atoms with Crippen LogP contribution >= 0.6 is 15.9 Å². The molecule has 0 saturated carbocycles. The maximum atomic E-state index is 11.9. The first-order chi connectivity index (χ1) is 8.36. The van der Waals surface area contributed by atoms with E-state index in [2.05, 4.69) is 20.7 Å². The van der Waals surface area contributed by atoms with E-state index in [1.165, 1.54) is 17.0 Å². The van der Waals surface area contributed by atoms with E-state index in [9.17, 15) is 13.2 Å². The Labute approximate surface area is 115 Å². The van der Waals surface area contributed by atoms with Crippen molar-refractivity contribution in [3.05, 3.63) is 28.7 Å². The molecule has 0 unspecified atom stereocenters. The quantitative estimate of drug-likeness (QED) is 0.879. The van der Waals surface area contributed by atoms with Gasteiger partial charge in [0.05, 0.1) is 11.4 Å². The van der Waals surface area contributed by atoms with Crippen molar-refractivity contribution in [2.75, 3.05) is 20.1 Å². The van der Waals surface area contributed by atoms with Gasteiger partial charge in [-0.25, -0.2) is 13.1 Å². The topological polar surface area (TPSA) is 66.5 Å². The summed E-state index contributed by atoms with van der Waals surface area (Å²) in [5, 5.41) is 0. The monoisotopic (exact) mass is 334 g/mol. The second kappa shape index (κ2) is 6.31. The molecular weight excluding hydrogens is 320 g/mol. The van der Waals surface area contributed by atoms with E-state index in [4.69, 9.17) is 0 Å². The van der Waals surface area contributed by atoms with E-state index in [1.54, 1.807) is 19.2 Å². The van der Waals surface area contributed by atoms with Gasteiger partial charge in [-0.15, -0.1) is 0 Å². The van der Waals surface area contributed by atoms with Crippen molar-refractivity contribution in [1.29, 1.82) is 0 Å². The van der Waals surface area contributed by atoms with Crippen LogP contribution in [0.15, 0.2) is 33.6 Å². The van der Waals surface area contributed by atoms with Crippen molar-refractivity contribution in [3.63, 3.8) is 0 Å². The maximum Gasteiger partial charge on any atom is 0.241 e. The third kappa shape index (κ3) is 4.08. The summed E-state index contributed by atoms with van der Waals surface area (Å²) in [6, 6.07) is 6.21. The highest BCUT2D eigenvalue weighted by Gasteiger charge is 2.16. The van der Waals surface area contributed by atoms with Gasteiger partial charge in [-0.3, -0.25) is 4.79 Å². The lowest BCUT2D eigenvalue weighted by Crippen LogP contribution is -2.37. The Hall–Kier alpha value is -0.920. The van der Waals surface area contributed by atoms with Crippen LogP contribution in [0.1, 0.15) is 6.92 Å². The number of hydrogen-bond donors (Lipinski definition) is 1. The zero-order valence-corrected chi connectivity index (χ0v) is 12.6. The van der Waals surface area contributed by atoms with Crippen molar-refractivity contribution in [3.8, 4) is 0 Å². The van der Waals surface area contributed by atoms with Crippen molar-refractivity contribution in [2.45, 2.75) is 11.8 Å². The smallest absolute Gasteiger partial charge is 0.241 e. The Kier molecular flexibility index (Phi) is 5.30. The van der Waals surface area contributed by atoms with Gasteiger partial charge in [0.1, 0.15) is 0 Å². The summed E-state index contributed by atoms with van der Waals surface area (Å²) in [5.74, 6) is -0.266. The molecule has 0 heterocycles. The van der Waals surface area contributed by atoms with Gasteiger partial charge in [0, 0.05) is 18.1 Å². The van der Waals surface area contributed by atoms with E-state index >= 15 is 0 Å². The first kappa shape index (κ1) is 15.1. The van der Waals surface area contributed by atoms with Crippen molar-refractivity contribution in [2.24, 2.45) is 0 Å². The molecule has 0 spiro atoms. The van der Waals surface area contributed by atoms with Crippen LogP contribution in [0.5, 0.6) is 0 Å². The summed E-state index contributed by atoms with van der Waals surface area (Å²) < 4.78 is 26.8. The number of amides is 1. The highest BCUT2D eigenvalue weighted by Crippen LogP contribution is 2.14. The van der Waals surface area contributed by atoms with Gasteiger partial charge in [0.15, 0.2) is 0 Å². The zero-order valence-electron chi connectivity index (χ0n) is 10.2. The number of nitrogens with zero attached hydrogens (tertiary/aromatic N) is 1. The molecule has 0 radical (unpaired) electrons. The fourth-order valence-electron chi connectivity index (χ4n) is 1.17. The van der Waals surface area contributed by atoms with Gasteiger partial charge in [0.2, 0.25) is 15.9 Å². The number of sulfonamides is 1. The zero-order chi connectivity index (χ0) is 13.8. The number of nitrogens with one attached hydrogen (secondary N) is 1. The summed E-state index contributed by atoms with van der Waals surface area (Å²) in [6.45, 7) is 2.13. The van der Waals surface area contributed by atoms with E-state index < -0.39 is 10.0 Å². The second-order valence-electron chi connectivity index (χ2n) is 3.69. The lowest BCUT2D eigenvalue weighted by molar-refractivity contribution is -0.128. The van der Waals surface area contributed by atoms with Crippen LogP contribution in [-0.2, 0) is 14.8 Å². The molecule has 0 aliphatic rings. The van der Waals surface area contributed by atoms with Gasteiger partial charge in [0.25, 0.3) is 0 Å². The maximum absolute atomic E-state index is 11.9. The van der Waals surface area contributed by atoms with E-state index in [-0.39, 0.29) is 17.3 Å². The Balaban J connectivity index is 2.71. The lowest BCUT2D eigenvalue weighted by atomic mass is 10.4. The van der Waals surface area contributed by atoms with Crippen molar-refractivity contribution >= 4 is 31.9 Å². The molecule has 0 atom stereocenters. The summed E-state index contributed by atoms with van der Waals surface area (Å²) in [6.07, 6.45) is 0. The molecular formula is C11H15BrN2O3S. The minimum Gasteiger partial charge on any atom is -0.345 e. The number of carbonyl (C=O) groups excluding carboxylic acids is 1. The van der Waals surface area contributed by atoms with Gasteiger partial charge in [-0.05, 0) is 31.2 Å². The van der Waals surface area contributed by atoms with Crippen molar-refractivity contribution < 1.29 is 13.2 Å². The molecule has 100 valence electrons. The molecule has 0 aliphatic heterocycles. The molecule has 1 amide bonds. The average Bonchev–Trinajstić information content (AvgIpc) is 2.35. The van der Waals surface area contributed by atoms with E-state index in [0.29, 0.717) is 6.54 Å². The van der Waals surface area contributed by atoms with Crippen LogP contribution in [0.2, 0.25) is 0 Å². The van der Waals surface area contributed by atoms with Crippen LogP contribution in [0.3, 0.4) is 0 Å². The predicted octanol–water partition coefficient (Wildman–Crippen LogP) is 1.21. The lowest BCUT2D eigenvalue weighted by Gasteiger charge is -2.14. The van der Waals surface area contributed by atoms with Crippen LogP contribution in [0.4, 0.5) is 0 Å². The molecule has 0 bridgehead atoms. The number of hydrogen-bond acceptors (Lipinski definition) is 3. The molecule has 5 nitrogen and oxygen atoms in total. The molecule has 0 aliphatic carbocycles. The van der Waals surface area contributed by atoms with Crippen LogP contribution in [-0.4, -0.2) is 39.4 Å². The molecule has 0 saturated heterocycles. The molecule has 1 rings (SSSR count). The first-order valence-corrected chi connectivity index (χ1v) is 7.63. The summed E-state index contributed by atoms with van der Waals surface area (Å²) in [5.41, 5.74) is 0. The molecule has 7 heteroatoms. The average molecular weight is 335 g/mol. The SMILES string of the molecule is CCN(C)C(=O)CNS(=O)(=O)c1ccc(Br)cc1. The predicted molar refractivity (Wildman–Crippen MR) is 72.6 cm³/mol. The Morgan fingerprint density at radius 3 is 2.39 bits per heavy atom. The molecule has 0 aromatic heterocycles. The summed E-state index contributed by atoms with van der Waals surface area (Å²) in [4.78, 5) is 13.1. The minimum atomic E-state index is -3.63. The van der Waals surface area contributed by atoms with E-state index in [1.807, 2.05) is 6.92 Å². The largest absolute Gasteiger partial charge is 0.345 e. The van der Waals surface area contributed by atoms with Gasteiger partial charge in [-0.1, -0.05) is 15.9 Å². The number of rotatable bonds is 5. The first-order valence-electron chi connectivity index (χ1n) is 5.36. The van der Waals surface area contributed by atoms with Gasteiger partial charge < -0.3 is 4.90 Å². The third-order valence-electron chi connectivity index (χ3n) is 2.44. The highest BCUT2D eigenvalue weighted by atomic mass is 79.9. The molecule has 1 aromatic rings. The number of benzene rings is 1. The Morgan fingerprint density at radius 2 is 1.89 bits per heavy atom. The third-order valence-corrected chi connectivity index (χ3v) is 4.38. The van der Waals surface area contributed by atoms with E-state index in [0.717, 1.165) is 4.47 Å². The van der Waals surface area contributed by atoms with Gasteiger partial charge in [-0.2, -0.15) is 0 Å². The summed E-state index contributed by atoms with van der Waals surface area (Å²) in [7, 11) is -2.01. The Morgan fingerprint density at radius 1 is 1.33 bits per heavy atom. The Bertz CT molecular complexity index is 514. The van der Waals surface area contributed by atoms with Crippen LogP contribution in [0, 0.1) is 0 Å². The minimum absolute atomic E-state index is 0.137. The number of carbonyl (C=O) groups is 1. The molecule has 1 aromatic carbocycles. The molecule has 18 heavy (non-hydrogen) atoms. The highest BCUT2D eigenvalue weighted by molar-refractivity contribution is 9.10. The second-order valence-corrected chi connectivity index (χ2v) is 6.37. The van der Waals surface area contributed by atoms with Crippen LogP contribution in [0.25, 0.3) is 0 Å².